The van der Waals surface area contributed by atoms with Gasteiger partial charge in [-0.2, -0.15) is 0 Å². The van der Waals surface area contributed by atoms with Crippen LogP contribution in [0.1, 0.15) is 53.7 Å². The van der Waals surface area contributed by atoms with Crippen molar-refractivity contribution in [3.8, 4) is 11.5 Å². The number of nitrogens with zero attached hydrogens (tertiary/aromatic N) is 1. The van der Waals surface area contributed by atoms with Gasteiger partial charge in [-0.05, 0) is 82.0 Å². The van der Waals surface area contributed by atoms with Gasteiger partial charge in [-0.1, -0.05) is 6.07 Å². The third kappa shape index (κ3) is 5.81. The van der Waals surface area contributed by atoms with Crippen LogP contribution < -0.4 is 9.47 Å². The standard InChI is InChI=1S/C26H33NO5/c1-5-30-24-10-8-21(16-22(24)17-32-23-9-7-18(3)19(4)15-23)25(28)27-13-11-20(12-14-27)26(29)31-6-2/h7-10,15-16,20H,5-6,11-14,17H2,1-4H3. The van der Waals surface area contributed by atoms with Crippen molar-refractivity contribution in [2.75, 3.05) is 26.3 Å². The predicted molar refractivity (Wildman–Crippen MR) is 123 cm³/mol. The second kappa shape index (κ2) is 11.0. The van der Waals surface area contributed by atoms with Crippen LogP contribution in [0.2, 0.25) is 0 Å². The molecule has 1 aliphatic rings. The van der Waals surface area contributed by atoms with Gasteiger partial charge in [-0.15, -0.1) is 0 Å². The van der Waals surface area contributed by atoms with Gasteiger partial charge in [0, 0.05) is 24.2 Å². The Bertz CT molecular complexity index is 947. The van der Waals surface area contributed by atoms with Crippen molar-refractivity contribution in [2.45, 2.75) is 47.1 Å². The predicted octanol–water partition coefficient (Wildman–Crippen LogP) is 4.70. The minimum absolute atomic E-state index is 0.0391. The van der Waals surface area contributed by atoms with Gasteiger partial charge in [0.05, 0.1) is 19.1 Å². The minimum Gasteiger partial charge on any atom is -0.493 e. The maximum absolute atomic E-state index is 13.1. The number of piperidine rings is 1. The van der Waals surface area contributed by atoms with Gasteiger partial charge in [-0.25, -0.2) is 0 Å². The summed E-state index contributed by atoms with van der Waals surface area (Å²) < 4.78 is 16.9. The molecule has 172 valence electrons. The van der Waals surface area contributed by atoms with Crippen LogP contribution in [0.3, 0.4) is 0 Å². The number of likely N-dealkylation sites (tertiary alicyclic amines) is 1. The molecule has 1 saturated heterocycles. The molecule has 2 aromatic rings. The highest BCUT2D eigenvalue weighted by atomic mass is 16.5. The first kappa shape index (κ1) is 23.6. The van der Waals surface area contributed by atoms with Crippen molar-refractivity contribution in [1.29, 1.82) is 0 Å². The van der Waals surface area contributed by atoms with Crippen molar-refractivity contribution in [3.05, 3.63) is 58.7 Å². The lowest BCUT2D eigenvalue weighted by Crippen LogP contribution is -2.40. The van der Waals surface area contributed by atoms with E-state index in [0.29, 0.717) is 57.1 Å². The Morgan fingerprint density at radius 1 is 0.938 bits per heavy atom. The summed E-state index contributed by atoms with van der Waals surface area (Å²) in [6.07, 6.45) is 1.26. The molecule has 0 spiro atoms. The van der Waals surface area contributed by atoms with E-state index >= 15 is 0 Å². The summed E-state index contributed by atoms with van der Waals surface area (Å²) in [5, 5.41) is 0. The zero-order valence-electron chi connectivity index (χ0n) is 19.5. The first-order valence-corrected chi connectivity index (χ1v) is 11.3. The summed E-state index contributed by atoms with van der Waals surface area (Å²) in [7, 11) is 0. The highest BCUT2D eigenvalue weighted by Gasteiger charge is 2.29. The number of aryl methyl sites for hydroxylation is 2. The lowest BCUT2D eigenvalue weighted by molar-refractivity contribution is -0.149. The normalized spacial score (nSPS) is 14.2. The number of rotatable bonds is 8. The van der Waals surface area contributed by atoms with Gasteiger partial charge >= 0.3 is 5.97 Å². The molecule has 0 aromatic heterocycles. The van der Waals surface area contributed by atoms with Crippen LogP contribution in [0.15, 0.2) is 36.4 Å². The molecule has 1 heterocycles. The highest BCUT2D eigenvalue weighted by molar-refractivity contribution is 5.94. The number of carbonyl (C=O) groups excluding carboxylic acids is 2. The van der Waals surface area contributed by atoms with Crippen LogP contribution in [0.5, 0.6) is 11.5 Å². The smallest absolute Gasteiger partial charge is 0.309 e. The Kier molecular flexibility index (Phi) is 8.14. The summed E-state index contributed by atoms with van der Waals surface area (Å²) in [5.74, 6) is 1.18. The van der Waals surface area contributed by atoms with Gasteiger partial charge in [0.25, 0.3) is 5.91 Å². The lowest BCUT2D eigenvalue weighted by atomic mass is 9.96. The van der Waals surface area contributed by atoms with Gasteiger partial charge in [-0.3, -0.25) is 9.59 Å². The van der Waals surface area contributed by atoms with Crippen LogP contribution in [0.25, 0.3) is 0 Å². The summed E-state index contributed by atoms with van der Waals surface area (Å²) in [5.41, 5.74) is 3.81. The van der Waals surface area contributed by atoms with Crippen LogP contribution in [-0.4, -0.2) is 43.1 Å². The number of carbonyl (C=O) groups is 2. The van der Waals surface area contributed by atoms with Gasteiger partial charge in [0.2, 0.25) is 0 Å². The van der Waals surface area contributed by atoms with Crippen LogP contribution in [0.4, 0.5) is 0 Å². The van der Waals surface area contributed by atoms with Gasteiger partial charge < -0.3 is 19.1 Å². The van der Waals surface area contributed by atoms with Crippen LogP contribution in [-0.2, 0) is 16.1 Å². The highest BCUT2D eigenvalue weighted by Crippen LogP contribution is 2.26. The second-order valence-electron chi connectivity index (χ2n) is 8.11. The molecule has 6 heteroatoms. The second-order valence-corrected chi connectivity index (χ2v) is 8.11. The monoisotopic (exact) mass is 439 g/mol. The lowest BCUT2D eigenvalue weighted by Gasteiger charge is -2.31. The van der Waals surface area contributed by atoms with Crippen molar-refractivity contribution in [1.82, 2.24) is 4.90 Å². The van der Waals surface area contributed by atoms with E-state index in [1.54, 1.807) is 11.0 Å². The molecule has 0 saturated carbocycles. The van der Waals surface area contributed by atoms with E-state index in [1.165, 1.54) is 11.1 Å². The number of hydrogen-bond donors (Lipinski definition) is 0. The molecule has 0 bridgehead atoms. The number of benzene rings is 2. The number of ether oxygens (including phenoxy) is 3. The molecule has 1 aliphatic heterocycles. The maximum Gasteiger partial charge on any atom is 0.309 e. The van der Waals surface area contributed by atoms with Crippen molar-refractivity contribution < 1.29 is 23.8 Å². The fourth-order valence-electron chi connectivity index (χ4n) is 3.85. The average molecular weight is 440 g/mol. The zero-order valence-corrected chi connectivity index (χ0v) is 19.5. The van der Waals surface area contributed by atoms with Gasteiger partial charge in [0.15, 0.2) is 0 Å². The molecule has 3 rings (SSSR count). The summed E-state index contributed by atoms with van der Waals surface area (Å²) in [6, 6.07) is 11.5. The maximum atomic E-state index is 13.1. The largest absolute Gasteiger partial charge is 0.493 e. The topological polar surface area (TPSA) is 65.1 Å². The van der Waals surface area contributed by atoms with E-state index in [1.807, 2.05) is 44.2 Å². The molecule has 0 unspecified atom stereocenters. The van der Waals surface area contributed by atoms with E-state index in [-0.39, 0.29) is 17.8 Å². The van der Waals surface area contributed by atoms with Crippen LogP contribution in [0, 0.1) is 19.8 Å². The van der Waals surface area contributed by atoms with E-state index in [2.05, 4.69) is 13.8 Å². The summed E-state index contributed by atoms with van der Waals surface area (Å²) in [6.45, 7) is 10.2. The van der Waals surface area contributed by atoms with Crippen molar-refractivity contribution in [3.63, 3.8) is 0 Å². The van der Waals surface area contributed by atoms with Crippen molar-refractivity contribution in [2.24, 2.45) is 5.92 Å². The van der Waals surface area contributed by atoms with E-state index in [0.717, 1.165) is 11.3 Å². The fraction of sp³-hybridized carbons (Fsp3) is 0.462. The molecule has 1 amide bonds. The summed E-state index contributed by atoms with van der Waals surface area (Å²) >= 11 is 0. The van der Waals surface area contributed by atoms with Crippen molar-refractivity contribution >= 4 is 11.9 Å². The molecular formula is C26H33NO5. The fourth-order valence-corrected chi connectivity index (χ4v) is 3.85. The molecule has 0 atom stereocenters. The third-order valence-corrected chi connectivity index (χ3v) is 5.88. The number of esters is 1. The Morgan fingerprint density at radius 3 is 2.34 bits per heavy atom. The molecule has 0 radical (unpaired) electrons. The molecule has 0 aliphatic carbocycles. The quantitative estimate of drug-likeness (QED) is 0.558. The van der Waals surface area contributed by atoms with E-state index < -0.39 is 0 Å². The Balaban J connectivity index is 1.69. The molecule has 32 heavy (non-hydrogen) atoms. The van der Waals surface area contributed by atoms with Gasteiger partial charge in [0.1, 0.15) is 18.1 Å². The minimum atomic E-state index is -0.161. The van der Waals surface area contributed by atoms with E-state index in [4.69, 9.17) is 14.2 Å². The summed E-state index contributed by atoms with van der Waals surface area (Å²) in [4.78, 5) is 26.9. The molecule has 1 fully saturated rings. The number of hydrogen-bond acceptors (Lipinski definition) is 5. The molecule has 0 N–H and O–H groups in total. The van der Waals surface area contributed by atoms with E-state index in [9.17, 15) is 9.59 Å². The number of amides is 1. The molecular weight excluding hydrogens is 406 g/mol. The first-order chi connectivity index (χ1) is 15.4. The zero-order chi connectivity index (χ0) is 23.1. The Hall–Kier alpha value is -3.02. The Labute approximate surface area is 190 Å². The third-order valence-electron chi connectivity index (χ3n) is 5.88. The first-order valence-electron chi connectivity index (χ1n) is 11.3. The van der Waals surface area contributed by atoms with Crippen LogP contribution >= 0.6 is 0 Å². The molecule has 2 aromatic carbocycles. The SMILES string of the molecule is CCOC(=O)C1CCN(C(=O)c2ccc(OCC)c(COc3ccc(C)c(C)c3)c2)CC1. The Morgan fingerprint density at radius 2 is 1.69 bits per heavy atom. The average Bonchev–Trinajstić information content (AvgIpc) is 2.80. The molecule has 6 nitrogen and oxygen atoms in total.